The van der Waals surface area contributed by atoms with E-state index >= 15 is 0 Å². The summed E-state index contributed by atoms with van der Waals surface area (Å²) in [5, 5.41) is 0. The van der Waals surface area contributed by atoms with E-state index in [2.05, 4.69) is 23.8 Å². The summed E-state index contributed by atoms with van der Waals surface area (Å²) in [6.07, 6.45) is 1.43. The number of esters is 1. The highest BCUT2D eigenvalue weighted by Crippen LogP contribution is 2.38. The van der Waals surface area contributed by atoms with E-state index in [-0.39, 0.29) is 17.2 Å². The first kappa shape index (κ1) is 15.5. The van der Waals surface area contributed by atoms with Crippen LogP contribution in [0.1, 0.15) is 24.3 Å². The lowest BCUT2D eigenvalue weighted by Crippen LogP contribution is -2.28. The number of ether oxygens (including phenoxy) is 3. The minimum Gasteiger partial charge on any atom is -0.491 e. The number of carbonyl (C=O) groups is 1. The van der Waals surface area contributed by atoms with Gasteiger partial charge >= 0.3 is 5.97 Å². The summed E-state index contributed by atoms with van der Waals surface area (Å²) < 4.78 is 15.6. The van der Waals surface area contributed by atoms with Gasteiger partial charge in [-0.25, -0.2) is 14.8 Å². The molecule has 0 saturated carbocycles. The Morgan fingerprint density at radius 1 is 1.33 bits per heavy atom. The van der Waals surface area contributed by atoms with E-state index in [9.17, 15) is 4.79 Å². The monoisotopic (exact) mass is 295 g/mol. The van der Waals surface area contributed by atoms with Crippen molar-refractivity contribution in [2.75, 3.05) is 39.3 Å². The number of carbonyl (C=O) groups excluding carboxylic acids is 1. The molecule has 7 nitrogen and oxygen atoms in total. The molecule has 1 aromatic rings. The number of hydrogen-bond acceptors (Lipinski definition) is 7. The van der Waals surface area contributed by atoms with Crippen LogP contribution < -0.4 is 9.64 Å². The average Bonchev–Trinajstić information content (AvgIpc) is 2.80. The molecule has 1 unspecified atom stereocenters. The van der Waals surface area contributed by atoms with E-state index in [0.717, 1.165) is 6.54 Å². The molecule has 0 aromatic carbocycles. The molecule has 0 spiro atoms. The number of rotatable bonds is 4. The van der Waals surface area contributed by atoms with Gasteiger partial charge in [0.2, 0.25) is 0 Å². The standard InChI is InChI=1S/C14H21N3O4/c1-14(2)7-17(6-9(14)19-3)12-11(20-4)10(13(18)21-5)15-8-16-12/h8-9H,6-7H2,1-5H3. The van der Waals surface area contributed by atoms with E-state index in [1.807, 2.05) is 4.90 Å². The fourth-order valence-corrected chi connectivity index (χ4v) is 2.68. The topological polar surface area (TPSA) is 73.8 Å². The molecule has 7 heteroatoms. The van der Waals surface area contributed by atoms with Gasteiger partial charge in [0.05, 0.1) is 20.3 Å². The Balaban J connectivity index is 2.39. The summed E-state index contributed by atoms with van der Waals surface area (Å²) in [4.78, 5) is 22.0. The lowest BCUT2D eigenvalue weighted by atomic mass is 9.90. The highest BCUT2D eigenvalue weighted by atomic mass is 16.5. The molecule has 2 rings (SSSR count). The van der Waals surface area contributed by atoms with Crippen molar-refractivity contribution in [2.45, 2.75) is 20.0 Å². The van der Waals surface area contributed by atoms with Crippen molar-refractivity contribution in [3.05, 3.63) is 12.0 Å². The first-order chi connectivity index (χ1) is 9.94. The van der Waals surface area contributed by atoms with Gasteiger partial charge in [-0.1, -0.05) is 13.8 Å². The molecule has 1 aliphatic rings. The van der Waals surface area contributed by atoms with E-state index < -0.39 is 5.97 Å². The Labute approximate surface area is 124 Å². The normalized spacial score (nSPS) is 20.4. The van der Waals surface area contributed by atoms with Crippen molar-refractivity contribution < 1.29 is 19.0 Å². The second-order valence-corrected chi connectivity index (χ2v) is 5.66. The van der Waals surface area contributed by atoms with Crippen LogP contribution in [-0.2, 0) is 9.47 Å². The van der Waals surface area contributed by atoms with Crippen molar-refractivity contribution in [1.29, 1.82) is 0 Å². The van der Waals surface area contributed by atoms with Gasteiger partial charge in [0, 0.05) is 25.6 Å². The Morgan fingerprint density at radius 3 is 2.57 bits per heavy atom. The molecule has 1 aromatic heterocycles. The fraction of sp³-hybridized carbons (Fsp3) is 0.643. The number of anilines is 1. The molecule has 1 saturated heterocycles. The third-order valence-electron chi connectivity index (χ3n) is 3.81. The van der Waals surface area contributed by atoms with Crippen LogP contribution in [0.5, 0.6) is 5.75 Å². The molecule has 1 atom stereocenters. The second-order valence-electron chi connectivity index (χ2n) is 5.66. The fourth-order valence-electron chi connectivity index (χ4n) is 2.68. The number of aromatic nitrogens is 2. The first-order valence-electron chi connectivity index (χ1n) is 6.69. The van der Waals surface area contributed by atoms with Gasteiger partial charge in [0.15, 0.2) is 17.3 Å². The highest BCUT2D eigenvalue weighted by Gasteiger charge is 2.41. The van der Waals surface area contributed by atoms with Crippen molar-refractivity contribution >= 4 is 11.8 Å². The van der Waals surface area contributed by atoms with Crippen LogP contribution >= 0.6 is 0 Å². The van der Waals surface area contributed by atoms with E-state index in [1.54, 1.807) is 7.11 Å². The van der Waals surface area contributed by atoms with Gasteiger partial charge in [0.1, 0.15) is 6.33 Å². The predicted molar refractivity (Wildman–Crippen MR) is 76.7 cm³/mol. The van der Waals surface area contributed by atoms with Crippen molar-refractivity contribution in [2.24, 2.45) is 5.41 Å². The van der Waals surface area contributed by atoms with Crippen LogP contribution in [0.2, 0.25) is 0 Å². The summed E-state index contributed by atoms with van der Waals surface area (Å²) in [7, 11) is 4.50. The number of methoxy groups -OCH3 is 3. The molecule has 0 N–H and O–H groups in total. The minimum atomic E-state index is -0.544. The van der Waals surface area contributed by atoms with E-state index in [0.29, 0.717) is 18.1 Å². The first-order valence-corrected chi connectivity index (χ1v) is 6.69. The van der Waals surface area contributed by atoms with Gasteiger partial charge < -0.3 is 19.1 Å². The Morgan fingerprint density at radius 2 is 2.05 bits per heavy atom. The maximum absolute atomic E-state index is 11.8. The molecule has 0 bridgehead atoms. The van der Waals surface area contributed by atoms with Crippen molar-refractivity contribution in [3.63, 3.8) is 0 Å². The summed E-state index contributed by atoms with van der Waals surface area (Å²) in [6.45, 7) is 5.70. The van der Waals surface area contributed by atoms with E-state index in [4.69, 9.17) is 14.2 Å². The molecule has 0 aliphatic carbocycles. The van der Waals surface area contributed by atoms with Crippen LogP contribution in [0.4, 0.5) is 5.82 Å². The third-order valence-corrected chi connectivity index (χ3v) is 3.81. The summed E-state index contributed by atoms with van der Waals surface area (Å²) >= 11 is 0. The van der Waals surface area contributed by atoms with Gasteiger partial charge in [-0.2, -0.15) is 0 Å². The third kappa shape index (κ3) is 2.78. The van der Waals surface area contributed by atoms with Crippen LogP contribution in [0.15, 0.2) is 6.33 Å². The summed E-state index contributed by atoms with van der Waals surface area (Å²) in [6, 6.07) is 0. The Hall–Kier alpha value is -1.89. The molecule has 0 radical (unpaired) electrons. The molecule has 1 aliphatic heterocycles. The molecule has 2 heterocycles. The van der Waals surface area contributed by atoms with E-state index in [1.165, 1.54) is 20.5 Å². The molecule has 21 heavy (non-hydrogen) atoms. The quantitative estimate of drug-likeness (QED) is 0.771. The summed E-state index contributed by atoms with van der Waals surface area (Å²) in [5.74, 6) is 0.370. The van der Waals surface area contributed by atoms with Crippen LogP contribution in [-0.4, -0.2) is 56.5 Å². The minimum absolute atomic E-state index is 0.0177. The lowest BCUT2D eigenvalue weighted by molar-refractivity contribution is 0.0445. The second kappa shape index (κ2) is 5.85. The maximum atomic E-state index is 11.8. The van der Waals surface area contributed by atoms with Crippen molar-refractivity contribution in [3.8, 4) is 5.75 Å². The van der Waals surface area contributed by atoms with Gasteiger partial charge in [-0.05, 0) is 0 Å². The highest BCUT2D eigenvalue weighted by molar-refractivity contribution is 5.92. The molecular formula is C14H21N3O4. The SMILES string of the molecule is COC(=O)c1ncnc(N2CC(OC)C(C)(C)C2)c1OC. The smallest absolute Gasteiger partial charge is 0.360 e. The Kier molecular flexibility index (Phi) is 4.32. The van der Waals surface area contributed by atoms with Gasteiger partial charge in [0.25, 0.3) is 0 Å². The molecule has 0 amide bonds. The lowest BCUT2D eigenvalue weighted by Gasteiger charge is -2.24. The van der Waals surface area contributed by atoms with Gasteiger partial charge in [-0.3, -0.25) is 0 Å². The number of hydrogen-bond donors (Lipinski definition) is 0. The summed E-state index contributed by atoms with van der Waals surface area (Å²) in [5.41, 5.74) is 0.111. The molecule has 116 valence electrons. The largest absolute Gasteiger partial charge is 0.491 e. The van der Waals surface area contributed by atoms with Gasteiger partial charge in [-0.15, -0.1) is 0 Å². The van der Waals surface area contributed by atoms with Crippen molar-refractivity contribution in [1.82, 2.24) is 9.97 Å². The zero-order valence-corrected chi connectivity index (χ0v) is 13.0. The maximum Gasteiger partial charge on any atom is 0.360 e. The molecular weight excluding hydrogens is 274 g/mol. The van der Waals surface area contributed by atoms with Crippen LogP contribution in [0.3, 0.4) is 0 Å². The average molecular weight is 295 g/mol. The predicted octanol–water partition coefficient (Wildman–Crippen LogP) is 1.13. The Bertz CT molecular complexity index is 533. The molecule has 1 fully saturated rings. The van der Waals surface area contributed by atoms with Crippen LogP contribution in [0.25, 0.3) is 0 Å². The zero-order valence-electron chi connectivity index (χ0n) is 13.0. The zero-order chi connectivity index (χ0) is 15.6. The van der Waals surface area contributed by atoms with Crippen LogP contribution in [0, 0.1) is 5.41 Å². The number of nitrogens with zero attached hydrogens (tertiary/aromatic N) is 3.